The maximum absolute atomic E-state index is 3.40. The minimum absolute atomic E-state index is 0. The van der Waals surface area contributed by atoms with E-state index in [1.807, 2.05) is 0 Å². The molecular formula is C38H58SiZr2. The molecule has 0 bridgehead atoms. The predicted molar refractivity (Wildman–Crippen MR) is 187 cm³/mol. The quantitative estimate of drug-likeness (QED) is 0.145. The summed E-state index contributed by atoms with van der Waals surface area (Å²) in [6.07, 6.45) is 0. The Kier molecular flexibility index (Phi) is 28.3. The van der Waals surface area contributed by atoms with Crippen LogP contribution in [0.15, 0.2) is 48.5 Å². The molecule has 4 rings (SSSR count). The van der Waals surface area contributed by atoms with Gasteiger partial charge in [0.1, 0.15) is 0 Å². The van der Waals surface area contributed by atoms with Crippen LogP contribution in [0.3, 0.4) is 0 Å². The third kappa shape index (κ3) is 13.9. The van der Waals surface area contributed by atoms with Crippen LogP contribution in [-0.2, 0) is 52.4 Å². The minimum atomic E-state index is 0. The van der Waals surface area contributed by atoms with Gasteiger partial charge in [0.2, 0.25) is 0 Å². The van der Waals surface area contributed by atoms with Crippen molar-refractivity contribution in [2.75, 3.05) is 0 Å². The normalized spacial score (nSPS) is 9.76. The first-order valence-electron chi connectivity index (χ1n) is 13.1. The van der Waals surface area contributed by atoms with E-state index in [1.54, 1.807) is 0 Å². The van der Waals surface area contributed by atoms with Gasteiger partial charge in [-0.2, -0.15) is 12.1 Å². The molecule has 0 fully saturated rings. The molecule has 0 saturated heterocycles. The zero-order valence-corrected chi connectivity index (χ0v) is 34.8. The van der Waals surface area contributed by atoms with Gasteiger partial charge in [-0.3, -0.25) is 0 Å². The van der Waals surface area contributed by atoms with Crippen molar-refractivity contribution < 1.29 is 52.4 Å². The second-order valence-corrected chi connectivity index (χ2v) is 11.7. The molecule has 0 spiro atoms. The van der Waals surface area contributed by atoms with Crippen molar-refractivity contribution >= 4 is 31.1 Å². The van der Waals surface area contributed by atoms with Crippen molar-refractivity contribution in [3.05, 3.63) is 125 Å². The third-order valence-electron chi connectivity index (χ3n) is 6.62. The van der Waals surface area contributed by atoms with E-state index in [-0.39, 0.29) is 82.1 Å². The molecule has 0 aliphatic carbocycles. The van der Waals surface area contributed by atoms with Crippen LogP contribution in [0.25, 0.3) is 21.5 Å². The predicted octanol–water partition coefficient (Wildman–Crippen LogP) is 12.3. The molecule has 0 N–H and O–H groups in total. The van der Waals surface area contributed by atoms with E-state index < -0.39 is 0 Å². The molecule has 2 radical (unpaired) electrons. The molecule has 0 aromatic heterocycles. The van der Waals surface area contributed by atoms with Gasteiger partial charge in [0.25, 0.3) is 0 Å². The fourth-order valence-corrected chi connectivity index (χ4v) is 4.67. The van der Waals surface area contributed by atoms with Crippen molar-refractivity contribution in [2.45, 2.75) is 92.9 Å². The van der Waals surface area contributed by atoms with E-state index in [9.17, 15) is 0 Å². The number of benzene rings is 2. The van der Waals surface area contributed by atoms with Crippen LogP contribution in [-0.4, -0.2) is 9.52 Å². The third-order valence-corrected chi connectivity index (χ3v) is 6.62. The standard InChI is InChI=1S/2C16H21.C2H4Si.4CH3.2Zr/c2*1-10(2)13-8-14-6-12(5)7-16(14)15(9-13)11(3)4;1-3-2;;;;;;/h2*6-11H,1-5H3;1-2H2;4*1H3;;/q2*-1;-2;4*-1;2*+4. The summed E-state index contributed by atoms with van der Waals surface area (Å²) in [5, 5.41) is 5.70. The van der Waals surface area contributed by atoms with Crippen LogP contribution in [0.4, 0.5) is 0 Å². The number of rotatable bonds is 4. The molecule has 0 nitrogen and oxygen atoms in total. The van der Waals surface area contributed by atoms with Gasteiger partial charge in [0.15, 0.2) is 0 Å². The topological polar surface area (TPSA) is 0 Å². The maximum Gasteiger partial charge on any atom is 4.00 e. The summed E-state index contributed by atoms with van der Waals surface area (Å²) in [5.41, 5.74) is 8.66. The van der Waals surface area contributed by atoms with Crippen molar-refractivity contribution in [1.29, 1.82) is 0 Å². The SMILES string of the molecule is Cc1cc2c(C(C)C)cc(C(C)C)cc2[cH-]1.Cc1cc2c(C(C)C)cc(C(C)C)cc2[cH-]1.[CH2-][Si][CH2-].[CH3-].[CH3-].[CH3-].[CH3-].[Zr+4].[Zr+4]. The average molecular weight is 725 g/mol. The zero-order valence-electron chi connectivity index (χ0n) is 28.8. The van der Waals surface area contributed by atoms with E-state index in [0.717, 1.165) is 0 Å². The Balaban J connectivity index is -0.000000170. The monoisotopic (exact) mass is 722 g/mol. The number of hydrogen-bond donors (Lipinski definition) is 0. The molecule has 3 heteroatoms. The average Bonchev–Trinajstić information content (AvgIpc) is 3.33. The van der Waals surface area contributed by atoms with Crippen LogP contribution < -0.4 is 0 Å². The summed E-state index contributed by atoms with van der Waals surface area (Å²) in [6, 6.07) is 18.7. The fourth-order valence-electron chi connectivity index (χ4n) is 4.67. The minimum Gasteiger partial charge on any atom is -0.385 e. The van der Waals surface area contributed by atoms with Gasteiger partial charge in [-0.1, -0.05) is 104 Å². The molecule has 0 aliphatic heterocycles. The first kappa shape index (κ1) is 50.3. The van der Waals surface area contributed by atoms with Crippen molar-refractivity contribution in [3.8, 4) is 0 Å². The summed E-state index contributed by atoms with van der Waals surface area (Å²) in [6.45, 7) is 29.3. The second kappa shape index (κ2) is 23.1. The van der Waals surface area contributed by atoms with Crippen LogP contribution >= 0.6 is 0 Å². The Morgan fingerprint density at radius 3 is 1.00 bits per heavy atom. The summed E-state index contributed by atoms with van der Waals surface area (Å²) in [7, 11) is 0.583. The van der Waals surface area contributed by atoms with Gasteiger partial charge in [-0.25, -0.2) is 0 Å². The van der Waals surface area contributed by atoms with Gasteiger partial charge in [0.05, 0.1) is 0 Å². The van der Waals surface area contributed by atoms with Gasteiger partial charge in [-0.05, 0) is 23.7 Å². The number of fused-ring (bicyclic) bond motifs is 2. The van der Waals surface area contributed by atoms with E-state index in [0.29, 0.717) is 33.2 Å². The Labute approximate surface area is 298 Å². The van der Waals surface area contributed by atoms with Crippen molar-refractivity contribution in [2.24, 2.45) is 0 Å². The first-order chi connectivity index (χ1) is 16.4. The summed E-state index contributed by atoms with van der Waals surface area (Å²) in [4.78, 5) is 0. The number of hydrogen-bond acceptors (Lipinski definition) is 0. The van der Waals surface area contributed by atoms with Crippen LogP contribution in [0, 0.1) is 56.6 Å². The molecule has 0 atom stereocenters. The molecule has 222 valence electrons. The Morgan fingerprint density at radius 1 is 0.512 bits per heavy atom. The van der Waals surface area contributed by atoms with E-state index in [2.05, 4.69) is 131 Å². The summed E-state index contributed by atoms with van der Waals surface area (Å²) >= 11 is 0. The van der Waals surface area contributed by atoms with Gasteiger partial charge in [-0.15, -0.1) is 56.9 Å². The van der Waals surface area contributed by atoms with Gasteiger partial charge >= 0.3 is 52.4 Å². The van der Waals surface area contributed by atoms with Gasteiger partial charge in [0, 0.05) is 0 Å². The van der Waals surface area contributed by atoms with Crippen LogP contribution in [0.1, 0.15) is 112 Å². The van der Waals surface area contributed by atoms with Crippen molar-refractivity contribution in [3.63, 3.8) is 0 Å². The zero-order chi connectivity index (χ0) is 26.4. The summed E-state index contributed by atoms with van der Waals surface area (Å²) in [5.74, 6) is 2.42. The Morgan fingerprint density at radius 2 is 0.780 bits per heavy atom. The molecule has 4 aromatic rings. The maximum atomic E-state index is 3.40. The van der Waals surface area contributed by atoms with E-state index in [1.165, 1.54) is 54.9 Å². The van der Waals surface area contributed by atoms with Crippen LogP contribution in [0.5, 0.6) is 0 Å². The molecule has 4 aromatic carbocycles. The molecular weight excluding hydrogens is 667 g/mol. The van der Waals surface area contributed by atoms with Gasteiger partial charge < -0.3 is 52.3 Å². The molecule has 41 heavy (non-hydrogen) atoms. The smallest absolute Gasteiger partial charge is 0.385 e. The summed E-state index contributed by atoms with van der Waals surface area (Å²) < 4.78 is 0. The first-order valence-corrected chi connectivity index (χ1v) is 14.5. The Bertz CT molecular complexity index is 1130. The fraction of sp³-hybridized carbons (Fsp3) is 0.368. The largest absolute Gasteiger partial charge is 4.00 e. The molecule has 0 heterocycles. The molecule has 0 saturated carbocycles. The molecule has 0 aliphatic rings. The van der Waals surface area contributed by atoms with E-state index in [4.69, 9.17) is 0 Å². The van der Waals surface area contributed by atoms with Crippen molar-refractivity contribution in [1.82, 2.24) is 0 Å². The molecule has 0 amide bonds. The second-order valence-electron chi connectivity index (χ2n) is 11.2. The molecule has 0 unspecified atom stereocenters. The Hall–Kier alpha value is -0.357. The number of aryl methyl sites for hydroxylation is 2. The van der Waals surface area contributed by atoms with Crippen LogP contribution in [0.2, 0.25) is 0 Å². The van der Waals surface area contributed by atoms with E-state index >= 15 is 0 Å².